The molecule has 2 nitrogen and oxygen atoms in total. The van der Waals surface area contributed by atoms with Crippen LogP contribution in [0.5, 0.6) is 0 Å². The normalized spacial score (nSPS) is 20.2. The Morgan fingerprint density at radius 3 is 2.53 bits per heavy atom. The zero-order valence-electron chi connectivity index (χ0n) is 11.9. The van der Waals surface area contributed by atoms with Crippen LogP contribution in [0, 0.1) is 11.2 Å². The Kier molecular flexibility index (Phi) is 4.94. The lowest BCUT2D eigenvalue weighted by molar-refractivity contribution is 0.0231. The number of benzene rings is 1. The van der Waals surface area contributed by atoms with E-state index in [1.54, 1.807) is 0 Å². The second-order valence-corrected chi connectivity index (χ2v) is 6.04. The molecule has 2 rings (SSSR count). The largest absolute Gasteiger partial charge is 0.381 e. The van der Waals surface area contributed by atoms with Gasteiger partial charge in [-0.15, -0.1) is 0 Å². The van der Waals surface area contributed by atoms with Gasteiger partial charge in [-0.2, -0.15) is 0 Å². The molecule has 1 unspecified atom stereocenters. The predicted molar refractivity (Wildman–Crippen MR) is 75.7 cm³/mol. The molecular formula is C16H24FNO. The van der Waals surface area contributed by atoms with E-state index in [4.69, 9.17) is 4.74 Å². The second-order valence-electron chi connectivity index (χ2n) is 6.04. The molecule has 3 heteroatoms. The Labute approximate surface area is 115 Å². The average Bonchev–Trinajstić information content (AvgIpc) is 2.40. The van der Waals surface area contributed by atoms with Gasteiger partial charge in [0.05, 0.1) is 0 Å². The summed E-state index contributed by atoms with van der Waals surface area (Å²) in [5.74, 6) is -0.168. The zero-order chi connectivity index (χ0) is 13.7. The van der Waals surface area contributed by atoms with Crippen molar-refractivity contribution in [2.75, 3.05) is 19.8 Å². The molecule has 0 aromatic heterocycles. The summed E-state index contributed by atoms with van der Waals surface area (Å²) in [6.07, 6.45) is 3.19. The molecule has 0 radical (unpaired) electrons. The van der Waals surface area contributed by atoms with Gasteiger partial charge in [-0.25, -0.2) is 4.39 Å². The van der Waals surface area contributed by atoms with Crippen LogP contribution in [0.1, 0.15) is 32.3 Å². The molecule has 1 saturated heterocycles. The third kappa shape index (κ3) is 4.59. The summed E-state index contributed by atoms with van der Waals surface area (Å²) in [4.78, 5) is 0. The molecule has 19 heavy (non-hydrogen) atoms. The van der Waals surface area contributed by atoms with Crippen LogP contribution in [0.4, 0.5) is 4.39 Å². The van der Waals surface area contributed by atoms with Crippen LogP contribution < -0.4 is 5.32 Å². The van der Waals surface area contributed by atoms with Gasteiger partial charge in [0, 0.05) is 25.8 Å². The first-order valence-corrected chi connectivity index (χ1v) is 7.13. The molecule has 106 valence electrons. The van der Waals surface area contributed by atoms with Crippen LogP contribution in [0.15, 0.2) is 24.3 Å². The minimum atomic E-state index is -0.168. The van der Waals surface area contributed by atoms with Gasteiger partial charge in [0.1, 0.15) is 5.82 Å². The molecule has 1 atom stereocenters. The van der Waals surface area contributed by atoms with Crippen molar-refractivity contribution in [2.45, 2.75) is 39.2 Å². The molecule has 0 saturated carbocycles. The van der Waals surface area contributed by atoms with E-state index in [0.29, 0.717) is 11.5 Å². The van der Waals surface area contributed by atoms with E-state index in [1.165, 1.54) is 17.7 Å². The van der Waals surface area contributed by atoms with Gasteiger partial charge in [-0.1, -0.05) is 19.1 Å². The first-order chi connectivity index (χ1) is 9.07. The molecule has 1 N–H and O–H groups in total. The Bertz CT molecular complexity index is 384. The van der Waals surface area contributed by atoms with Crippen molar-refractivity contribution < 1.29 is 9.13 Å². The van der Waals surface area contributed by atoms with E-state index in [-0.39, 0.29) is 5.82 Å². The zero-order valence-corrected chi connectivity index (χ0v) is 11.9. The van der Waals surface area contributed by atoms with E-state index in [9.17, 15) is 4.39 Å². The number of hydrogen-bond acceptors (Lipinski definition) is 2. The Morgan fingerprint density at radius 2 is 1.89 bits per heavy atom. The number of nitrogens with one attached hydrogen (secondary N) is 1. The summed E-state index contributed by atoms with van der Waals surface area (Å²) in [7, 11) is 0. The molecule has 1 heterocycles. The molecule has 0 spiro atoms. The highest BCUT2D eigenvalue weighted by Gasteiger charge is 2.27. The maximum Gasteiger partial charge on any atom is 0.123 e. The number of hydrogen-bond donors (Lipinski definition) is 1. The fraction of sp³-hybridized carbons (Fsp3) is 0.625. The van der Waals surface area contributed by atoms with Gasteiger partial charge >= 0.3 is 0 Å². The summed E-state index contributed by atoms with van der Waals surface area (Å²) < 4.78 is 18.3. The fourth-order valence-corrected chi connectivity index (χ4v) is 2.51. The molecule has 0 amide bonds. The maximum atomic E-state index is 12.8. The third-order valence-corrected chi connectivity index (χ3v) is 4.03. The average molecular weight is 265 g/mol. The van der Waals surface area contributed by atoms with Gasteiger partial charge in [0.25, 0.3) is 0 Å². The molecule has 1 aromatic rings. The molecule has 1 aliphatic heterocycles. The van der Waals surface area contributed by atoms with Crippen LogP contribution in [0.2, 0.25) is 0 Å². The molecule has 1 aromatic carbocycles. The second kappa shape index (κ2) is 6.49. The monoisotopic (exact) mass is 265 g/mol. The van der Waals surface area contributed by atoms with Gasteiger partial charge < -0.3 is 10.1 Å². The minimum Gasteiger partial charge on any atom is -0.381 e. The molecule has 1 aliphatic rings. The predicted octanol–water partition coefficient (Wildman–Crippen LogP) is 3.16. The first kappa shape index (κ1) is 14.5. The lowest BCUT2D eigenvalue weighted by Crippen LogP contribution is -2.41. The van der Waals surface area contributed by atoms with Crippen molar-refractivity contribution in [3.63, 3.8) is 0 Å². The van der Waals surface area contributed by atoms with Crippen LogP contribution >= 0.6 is 0 Å². The fourth-order valence-electron chi connectivity index (χ4n) is 2.51. The van der Waals surface area contributed by atoms with Gasteiger partial charge in [-0.05, 0) is 49.3 Å². The van der Waals surface area contributed by atoms with Crippen molar-refractivity contribution in [1.29, 1.82) is 0 Å². The SMILES string of the molecule is CC(Cc1ccc(F)cc1)NCC1(C)CCOCC1. The Hall–Kier alpha value is -0.930. The van der Waals surface area contributed by atoms with Crippen LogP contribution in [0.3, 0.4) is 0 Å². The van der Waals surface area contributed by atoms with E-state index in [2.05, 4.69) is 19.2 Å². The standard InChI is InChI=1S/C16H24FNO/c1-13(11-14-3-5-15(17)6-4-14)18-12-16(2)7-9-19-10-8-16/h3-6,13,18H,7-12H2,1-2H3. The highest BCUT2D eigenvalue weighted by Crippen LogP contribution is 2.28. The van der Waals surface area contributed by atoms with Crippen LogP contribution in [-0.2, 0) is 11.2 Å². The smallest absolute Gasteiger partial charge is 0.123 e. The molecule has 0 bridgehead atoms. The van der Waals surface area contributed by atoms with Crippen molar-refractivity contribution in [3.05, 3.63) is 35.6 Å². The molecule has 0 aliphatic carbocycles. The van der Waals surface area contributed by atoms with Crippen molar-refractivity contribution in [3.8, 4) is 0 Å². The van der Waals surface area contributed by atoms with Crippen LogP contribution in [0.25, 0.3) is 0 Å². The lowest BCUT2D eigenvalue weighted by Gasteiger charge is -2.34. The summed E-state index contributed by atoms with van der Waals surface area (Å²) in [6, 6.07) is 7.20. The quantitative estimate of drug-likeness (QED) is 0.883. The van der Waals surface area contributed by atoms with E-state index < -0.39 is 0 Å². The summed E-state index contributed by atoms with van der Waals surface area (Å²) in [5.41, 5.74) is 1.54. The third-order valence-electron chi connectivity index (χ3n) is 4.03. The van der Waals surface area contributed by atoms with Crippen molar-refractivity contribution in [1.82, 2.24) is 5.32 Å². The Balaban J connectivity index is 1.77. The highest BCUT2D eigenvalue weighted by molar-refractivity contribution is 5.17. The van der Waals surface area contributed by atoms with Gasteiger partial charge in [0.2, 0.25) is 0 Å². The summed E-state index contributed by atoms with van der Waals surface area (Å²) in [5, 5.41) is 3.61. The number of rotatable bonds is 5. The number of ether oxygens (including phenoxy) is 1. The van der Waals surface area contributed by atoms with Gasteiger partial charge in [0.15, 0.2) is 0 Å². The molecule has 1 fully saturated rings. The highest BCUT2D eigenvalue weighted by atomic mass is 19.1. The van der Waals surface area contributed by atoms with Crippen LogP contribution in [-0.4, -0.2) is 25.8 Å². The summed E-state index contributed by atoms with van der Waals surface area (Å²) in [6.45, 7) is 7.30. The van der Waals surface area contributed by atoms with E-state index in [1.807, 2.05) is 12.1 Å². The first-order valence-electron chi connectivity index (χ1n) is 7.13. The maximum absolute atomic E-state index is 12.8. The number of halogens is 1. The Morgan fingerprint density at radius 1 is 1.26 bits per heavy atom. The van der Waals surface area contributed by atoms with Crippen molar-refractivity contribution >= 4 is 0 Å². The topological polar surface area (TPSA) is 21.3 Å². The van der Waals surface area contributed by atoms with Crippen molar-refractivity contribution in [2.24, 2.45) is 5.41 Å². The minimum absolute atomic E-state index is 0.168. The van der Waals surface area contributed by atoms with E-state index in [0.717, 1.165) is 39.0 Å². The molecular weight excluding hydrogens is 241 g/mol. The van der Waals surface area contributed by atoms with E-state index >= 15 is 0 Å². The summed E-state index contributed by atoms with van der Waals surface area (Å²) >= 11 is 0. The van der Waals surface area contributed by atoms with Gasteiger partial charge in [-0.3, -0.25) is 0 Å². The lowest BCUT2D eigenvalue weighted by atomic mass is 9.82.